The van der Waals surface area contributed by atoms with E-state index in [1.807, 2.05) is 55.5 Å². The third-order valence-corrected chi connectivity index (χ3v) is 11.1. The molecule has 0 atom stereocenters. The molecule has 0 aliphatic heterocycles. The van der Waals surface area contributed by atoms with E-state index in [2.05, 4.69) is 36.8 Å². The molecule has 0 aliphatic carbocycles. The first-order valence-electron chi connectivity index (χ1n) is 20.7. The highest BCUT2D eigenvalue weighted by Crippen LogP contribution is 2.28. The molecule has 5 aromatic rings. The summed E-state index contributed by atoms with van der Waals surface area (Å²) >= 11 is 3.31. The lowest BCUT2D eigenvalue weighted by atomic mass is 10.1. The highest BCUT2D eigenvalue weighted by atomic mass is 32.2. The van der Waals surface area contributed by atoms with Gasteiger partial charge in [0.1, 0.15) is 17.1 Å². The Bertz CT molecular complexity index is 2580. The predicted molar refractivity (Wildman–Crippen MR) is 252 cm³/mol. The number of benzene rings is 5. The third-order valence-electron chi connectivity index (χ3n) is 8.90. The standard InChI is InChI=1S/C53H46O10S2/c1-4-7-32-61-53(58)47-37-44(62-51(56)42-22-14-38(15-23-42)10-12-40-18-27-45(28-19-40)64-35-8-33-59-49(54)5-2)26-31-48(47)63-52(57)43-24-16-39(17-25-43)11-13-41-20-29-46(30-21-41)65-36-9-34-60-50(55)6-3/h5-6,14-31,37H,2-4,7-9,32-36H2,1H3. The van der Waals surface area contributed by atoms with Gasteiger partial charge in [-0.2, -0.15) is 0 Å². The van der Waals surface area contributed by atoms with Gasteiger partial charge in [0.15, 0.2) is 0 Å². The summed E-state index contributed by atoms with van der Waals surface area (Å²) in [7, 11) is 0. The van der Waals surface area contributed by atoms with Gasteiger partial charge in [-0.05, 0) is 135 Å². The molecule has 0 saturated carbocycles. The fraction of sp³-hybridized carbons (Fsp3) is 0.189. The van der Waals surface area contributed by atoms with Crippen molar-refractivity contribution in [3.05, 3.63) is 180 Å². The minimum Gasteiger partial charge on any atom is -0.463 e. The van der Waals surface area contributed by atoms with E-state index in [1.165, 1.54) is 18.2 Å². The number of unbranched alkanes of at least 4 members (excludes halogenated alkanes) is 1. The Labute approximate surface area is 387 Å². The number of carbonyl (C=O) groups excluding carboxylic acids is 5. The van der Waals surface area contributed by atoms with Gasteiger partial charge >= 0.3 is 29.8 Å². The van der Waals surface area contributed by atoms with Gasteiger partial charge < -0.3 is 23.7 Å². The lowest BCUT2D eigenvalue weighted by Gasteiger charge is -2.12. The summed E-state index contributed by atoms with van der Waals surface area (Å²) < 4.78 is 26.7. The Hall–Kier alpha value is -7.25. The van der Waals surface area contributed by atoms with Gasteiger partial charge in [-0.15, -0.1) is 23.5 Å². The average molecular weight is 907 g/mol. The van der Waals surface area contributed by atoms with Gasteiger partial charge in [0.2, 0.25) is 0 Å². The number of rotatable bonds is 20. The van der Waals surface area contributed by atoms with Gasteiger partial charge in [0, 0.05) is 55.7 Å². The maximum atomic E-state index is 13.3. The fourth-order valence-electron chi connectivity index (χ4n) is 5.43. The first-order chi connectivity index (χ1) is 31.6. The molecular formula is C53H46O10S2. The van der Waals surface area contributed by atoms with Crippen LogP contribution in [0.2, 0.25) is 0 Å². The molecule has 0 amide bonds. The molecule has 65 heavy (non-hydrogen) atoms. The normalized spacial score (nSPS) is 10.2. The van der Waals surface area contributed by atoms with Crippen molar-refractivity contribution in [3.8, 4) is 35.2 Å². The van der Waals surface area contributed by atoms with Gasteiger partial charge in [-0.3, -0.25) is 0 Å². The van der Waals surface area contributed by atoms with Crippen molar-refractivity contribution in [2.75, 3.05) is 31.3 Å². The van der Waals surface area contributed by atoms with Crippen LogP contribution in [0.5, 0.6) is 11.5 Å². The highest BCUT2D eigenvalue weighted by molar-refractivity contribution is 7.99. The summed E-state index contributed by atoms with van der Waals surface area (Å²) in [5, 5.41) is 0. The molecule has 0 unspecified atom stereocenters. The monoisotopic (exact) mass is 906 g/mol. The Morgan fingerprint density at radius 2 is 0.923 bits per heavy atom. The van der Waals surface area contributed by atoms with Crippen LogP contribution in [-0.4, -0.2) is 61.2 Å². The van der Waals surface area contributed by atoms with E-state index in [9.17, 15) is 24.0 Å². The van der Waals surface area contributed by atoms with Crippen molar-refractivity contribution < 1.29 is 47.7 Å². The minimum atomic E-state index is -0.733. The van der Waals surface area contributed by atoms with Gasteiger partial charge in [0.05, 0.1) is 30.9 Å². The van der Waals surface area contributed by atoms with Crippen LogP contribution in [-0.2, 0) is 23.8 Å². The van der Waals surface area contributed by atoms with Gasteiger partial charge in [-0.1, -0.05) is 50.2 Å². The fourth-order valence-corrected chi connectivity index (χ4v) is 7.08. The summed E-state index contributed by atoms with van der Waals surface area (Å²) in [6, 6.07) is 32.9. The van der Waals surface area contributed by atoms with Crippen LogP contribution in [0, 0.1) is 23.7 Å². The second kappa shape index (κ2) is 26.4. The van der Waals surface area contributed by atoms with Crippen molar-refractivity contribution in [1.29, 1.82) is 0 Å². The number of hydrogen-bond acceptors (Lipinski definition) is 12. The van der Waals surface area contributed by atoms with E-state index in [-0.39, 0.29) is 34.8 Å². The SMILES string of the molecule is C=CC(=O)OCCCSc1ccc(C#Cc2ccc(C(=O)Oc3ccc(OC(=O)c4ccc(C#Cc5ccc(SCCCOC(=O)C=C)cc5)cc4)c(C(=O)OCCCC)c3)cc2)cc1. The van der Waals surface area contributed by atoms with E-state index < -0.39 is 29.8 Å². The van der Waals surface area contributed by atoms with Crippen molar-refractivity contribution >= 4 is 53.4 Å². The number of carbonyl (C=O) groups is 5. The Balaban J connectivity index is 1.16. The zero-order valence-electron chi connectivity index (χ0n) is 35.8. The van der Waals surface area contributed by atoms with E-state index in [4.69, 9.17) is 23.7 Å². The van der Waals surface area contributed by atoms with Crippen LogP contribution >= 0.6 is 23.5 Å². The second-order valence-electron chi connectivity index (χ2n) is 13.8. The van der Waals surface area contributed by atoms with Crippen molar-refractivity contribution in [3.63, 3.8) is 0 Å². The summed E-state index contributed by atoms with van der Waals surface area (Å²) in [6.45, 7) is 9.58. The number of esters is 5. The Morgan fingerprint density at radius 3 is 1.35 bits per heavy atom. The molecule has 0 N–H and O–H groups in total. The minimum absolute atomic E-state index is 0.0546. The highest BCUT2D eigenvalue weighted by Gasteiger charge is 2.21. The van der Waals surface area contributed by atoms with E-state index in [0.717, 1.165) is 63.8 Å². The molecule has 5 rings (SSSR count). The third kappa shape index (κ3) is 16.8. The molecule has 5 aromatic carbocycles. The Kier molecular flexibility index (Phi) is 19.8. The lowest BCUT2D eigenvalue weighted by Crippen LogP contribution is -2.14. The molecule has 330 valence electrons. The summed E-state index contributed by atoms with van der Waals surface area (Å²) in [5.74, 6) is 11.1. The van der Waals surface area contributed by atoms with Crippen molar-refractivity contribution in [2.24, 2.45) is 0 Å². The van der Waals surface area contributed by atoms with Crippen LogP contribution in [0.25, 0.3) is 0 Å². The Morgan fingerprint density at radius 1 is 0.508 bits per heavy atom. The molecule has 0 aliphatic rings. The average Bonchev–Trinajstić information content (AvgIpc) is 3.33. The van der Waals surface area contributed by atoms with Gasteiger partial charge in [-0.25, -0.2) is 24.0 Å². The zero-order valence-corrected chi connectivity index (χ0v) is 37.4. The second-order valence-corrected chi connectivity index (χ2v) is 16.1. The van der Waals surface area contributed by atoms with E-state index in [0.29, 0.717) is 30.8 Å². The first kappa shape index (κ1) is 48.8. The van der Waals surface area contributed by atoms with Crippen LogP contribution in [0.1, 0.15) is 85.9 Å². The van der Waals surface area contributed by atoms with Crippen LogP contribution in [0.3, 0.4) is 0 Å². The van der Waals surface area contributed by atoms with Gasteiger partial charge in [0.25, 0.3) is 0 Å². The number of thioether (sulfide) groups is 2. The van der Waals surface area contributed by atoms with Crippen LogP contribution < -0.4 is 9.47 Å². The number of hydrogen-bond donors (Lipinski definition) is 0. The van der Waals surface area contributed by atoms with Crippen molar-refractivity contribution in [2.45, 2.75) is 42.4 Å². The van der Waals surface area contributed by atoms with E-state index >= 15 is 0 Å². The first-order valence-corrected chi connectivity index (χ1v) is 22.6. The maximum Gasteiger partial charge on any atom is 0.343 e. The van der Waals surface area contributed by atoms with Crippen molar-refractivity contribution in [1.82, 2.24) is 0 Å². The molecule has 0 fully saturated rings. The zero-order chi connectivity index (χ0) is 46.2. The predicted octanol–water partition coefficient (Wildman–Crippen LogP) is 10.3. The number of ether oxygens (including phenoxy) is 5. The van der Waals surface area contributed by atoms with Crippen LogP contribution in [0.15, 0.2) is 150 Å². The molecule has 10 nitrogen and oxygen atoms in total. The molecule has 0 heterocycles. The quantitative estimate of drug-likeness (QED) is 0.0140. The topological polar surface area (TPSA) is 132 Å². The summed E-state index contributed by atoms with van der Waals surface area (Å²) in [5.41, 5.74) is 3.43. The molecule has 0 aromatic heterocycles. The maximum absolute atomic E-state index is 13.3. The smallest absolute Gasteiger partial charge is 0.343 e. The molecule has 0 saturated heterocycles. The molecular weight excluding hydrogens is 861 g/mol. The molecule has 0 radical (unpaired) electrons. The molecule has 0 spiro atoms. The van der Waals surface area contributed by atoms with Crippen LogP contribution in [0.4, 0.5) is 0 Å². The lowest BCUT2D eigenvalue weighted by molar-refractivity contribution is -0.138. The summed E-state index contributed by atoms with van der Waals surface area (Å²) in [6.07, 6.45) is 5.19. The van der Waals surface area contributed by atoms with E-state index in [1.54, 1.807) is 72.1 Å². The summed E-state index contributed by atoms with van der Waals surface area (Å²) in [4.78, 5) is 64.1. The molecule has 12 heteroatoms. The molecule has 0 bridgehead atoms. The largest absolute Gasteiger partial charge is 0.463 e.